The molecule has 0 spiro atoms. The van der Waals surface area contributed by atoms with Crippen LogP contribution in [0, 0.1) is 5.92 Å². The number of carbonyl (C=O) groups is 2. The summed E-state index contributed by atoms with van der Waals surface area (Å²) in [6.45, 7) is 3.10. The molecule has 1 aliphatic rings. The van der Waals surface area contributed by atoms with Crippen molar-refractivity contribution in [2.24, 2.45) is 13.0 Å². The Kier molecular flexibility index (Phi) is 4.42. The van der Waals surface area contributed by atoms with Crippen LogP contribution < -0.4 is 0 Å². The van der Waals surface area contributed by atoms with Gasteiger partial charge in [0.2, 0.25) is 0 Å². The number of ether oxygens (including phenoxy) is 1. The standard InChI is InChI=1S/C14H21N3O3/c1-4-12-11(9-16(2)15-12)13(18)17-7-5-6-10(8-17)14(19)20-3/h9-10H,4-8H2,1-3H3. The molecule has 2 rings (SSSR count). The normalized spacial score (nSPS) is 18.9. The number of nitrogens with zero attached hydrogens (tertiary/aromatic N) is 3. The molecule has 0 saturated carbocycles. The van der Waals surface area contributed by atoms with E-state index in [4.69, 9.17) is 4.74 Å². The monoisotopic (exact) mass is 279 g/mol. The number of rotatable bonds is 3. The van der Waals surface area contributed by atoms with E-state index in [9.17, 15) is 9.59 Å². The molecule has 1 aromatic rings. The van der Waals surface area contributed by atoms with E-state index in [1.165, 1.54) is 7.11 Å². The highest BCUT2D eigenvalue weighted by atomic mass is 16.5. The van der Waals surface area contributed by atoms with Crippen LogP contribution in [0.5, 0.6) is 0 Å². The predicted molar refractivity (Wildman–Crippen MR) is 73.2 cm³/mol. The average molecular weight is 279 g/mol. The lowest BCUT2D eigenvalue weighted by molar-refractivity contribution is -0.146. The molecule has 0 radical (unpaired) electrons. The summed E-state index contributed by atoms with van der Waals surface area (Å²) in [4.78, 5) is 25.9. The molecule has 20 heavy (non-hydrogen) atoms. The number of methoxy groups -OCH3 is 1. The van der Waals surface area contributed by atoms with Gasteiger partial charge in [0, 0.05) is 26.3 Å². The van der Waals surface area contributed by atoms with E-state index in [0.29, 0.717) is 18.7 Å². The van der Waals surface area contributed by atoms with Gasteiger partial charge in [-0.25, -0.2) is 0 Å². The molecule has 110 valence electrons. The number of esters is 1. The van der Waals surface area contributed by atoms with Crippen molar-refractivity contribution in [2.75, 3.05) is 20.2 Å². The Morgan fingerprint density at radius 2 is 2.25 bits per heavy atom. The van der Waals surface area contributed by atoms with Gasteiger partial charge < -0.3 is 9.64 Å². The minimum atomic E-state index is -0.232. The number of hydrogen-bond acceptors (Lipinski definition) is 4. The zero-order valence-electron chi connectivity index (χ0n) is 12.3. The topological polar surface area (TPSA) is 64.4 Å². The van der Waals surface area contributed by atoms with Crippen molar-refractivity contribution in [3.8, 4) is 0 Å². The smallest absolute Gasteiger partial charge is 0.310 e. The van der Waals surface area contributed by atoms with Gasteiger partial charge in [0.1, 0.15) is 0 Å². The molecule has 6 heteroatoms. The summed E-state index contributed by atoms with van der Waals surface area (Å²) < 4.78 is 6.44. The van der Waals surface area contributed by atoms with Crippen molar-refractivity contribution >= 4 is 11.9 Å². The number of piperidine rings is 1. The molecular formula is C14H21N3O3. The fourth-order valence-corrected chi connectivity index (χ4v) is 2.67. The van der Waals surface area contributed by atoms with Crippen molar-refractivity contribution in [2.45, 2.75) is 26.2 Å². The Bertz CT molecular complexity index is 510. The van der Waals surface area contributed by atoms with Crippen LogP contribution in [0.4, 0.5) is 0 Å². The van der Waals surface area contributed by atoms with E-state index < -0.39 is 0 Å². The van der Waals surface area contributed by atoms with Crippen LogP contribution in [0.15, 0.2) is 6.20 Å². The van der Waals surface area contributed by atoms with Gasteiger partial charge in [-0.3, -0.25) is 14.3 Å². The third-order valence-electron chi connectivity index (χ3n) is 3.71. The summed E-state index contributed by atoms with van der Waals surface area (Å²) in [5.74, 6) is -0.479. The summed E-state index contributed by atoms with van der Waals surface area (Å²) in [6.07, 6.45) is 4.08. The molecule has 0 N–H and O–H groups in total. The number of aryl methyl sites for hydroxylation is 2. The van der Waals surface area contributed by atoms with Gasteiger partial charge in [-0.1, -0.05) is 6.92 Å². The second kappa shape index (κ2) is 6.07. The van der Waals surface area contributed by atoms with Crippen LogP contribution in [-0.4, -0.2) is 46.8 Å². The third-order valence-corrected chi connectivity index (χ3v) is 3.71. The highest BCUT2D eigenvalue weighted by Crippen LogP contribution is 2.20. The van der Waals surface area contributed by atoms with Crippen LogP contribution in [-0.2, 0) is 23.0 Å². The maximum atomic E-state index is 12.6. The summed E-state index contributed by atoms with van der Waals surface area (Å²) in [5.41, 5.74) is 1.44. The minimum Gasteiger partial charge on any atom is -0.469 e. The Labute approximate surface area is 118 Å². The van der Waals surface area contributed by atoms with Gasteiger partial charge in [-0.15, -0.1) is 0 Å². The Morgan fingerprint density at radius 3 is 2.90 bits per heavy atom. The largest absolute Gasteiger partial charge is 0.469 e. The van der Waals surface area contributed by atoms with Crippen LogP contribution in [0.2, 0.25) is 0 Å². The Balaban J connectivity index is 2.14. The predicted octanol–water partition coefficient (Wildman–Crippen LogP) is 1.01. The first-order chi connectivity index (χ1) is 9.56. The molecule has 2 heterocycles. The SMILES string of the molecule is CCc1nn(C)cc1C(=O)N1CCCC(C(=O)OC)C1. The van der Waals surface area contributed by atoms with Crippen LogP contribution in [0.3, 0.4) is 0 Å². The third kappa shape index (κ3) is 2.84. The molecule has 1 saturated heterocycles. The lowest BCUT2D eigenvalue weighted by Crippen LogP contribution is -2.42. The Morgan fingerprint density at radius 1 is 1.50 bits per heavy atom. The fourth-order valence-electron chi connectivity index (χ4n) is 2.67. The molecule has 0 aliphatic carbocycles. The number of carbonyl (C=O) groups excluding carboxylic acids is 2. The number of likely N-dealkylation sites (tertiary alicyclic amines) is 1. The van der Waals surface area contributed by atoms with E-state index in [-0.39, 0.29) is 17.8 Å². The van der Waals surface area contributed by atoms with Crippen LogP contribution in [0.1, 0.15) is 35.8 Å². The maximum absolute atomic E-state index is 12.6. The number of hydrogen-bond donors (Lipinski definition) is 0. The molecule has 0 bridgehead atoms. The summed E-state index contributed by atoms with van der Waals surface area (Å²) in [7, 11) is 3.20. The molecule has 1 aromatic heterocycles. The molecule has 1 aliphatic heterocycles. The highest BCUT2D eigenvalue weighted by Gasteiger charge is 2.30. The van der Waals surface area contributed by atoms with Crippen LogP contribution >= 0.6 is 0 Å². The molecule has 1 atom stereocenters. The van der Waals surface area contributed by atoms with Gasteiger partial charge >= 0.3 is 5.97 Å². The first-order valence-corrected chi connectivity index (χ1v) is 6.96. The van der Waals surface area contributed by atoms with Crippen molar-refractivity contribution in [1.82, 2.24) is 14.7 Å². The first kappa shape index (κ1) is 14.6. The summed E-state index contributed by atoms with van der Waals surface area (Å²) in [5, 5.41) is 4.29. The minimum absolute atomic E-state index is 0.0384. The molecule has 1 unspecified atom stereocenters. The molecule has 6 nitrogen and oxygen atoms in total. The summed E-state index contributed by atoms with van der Waals surface area (Å²) >= 11 is 0. The van der Waals surface area contributed by atoms with Gasteiger partial charge in [0.05, 0.1) is 24.3 Å². The van der Waals surface area contributed by atoms with E-state index in [2.05, 4.69) is 5.10 Å². The average Bonchev–Trinajstić information content (AvgIpc) is 2.86. The highest BCUT2D eigenvalue weighted by molar-refractivity contribution is 5.95. The van der Waals surface area contributed by atoms with E-state index in [1.54, 1.807) is 15.8 Å². The fraction of sp³-hybridized carbons (Fsp3) is 0.643. The van der Waals surface area contributed by atoms with Gasteiger partial charge in [0.25, 0.3) is 5.91 Å². The van der Waals surface area contributed by atoms with E-state index >= 15 is 0 Å². The van der Waals surface area contributed by atoms with Gasteiger partial charge in [-0.05, 0) is 19.3 Å². The molecule has 1 fully saturated rings. The molecule has 0 aromatic carbocycles. The summed E-state index contributed by atoms with van der Waals surface area (Å²) in [6, 6.07) is 0. The second-order valence-electron chi connectivity index (χ2n) is 5.13. The first-order valence-electron chi connectivity index (χ1n) is 6.96. The Hall–Kier alpha value is -1.85. The van der Waals surface area contributed by atoms with Gasteiger partial charge in [-0.2, -0.15) is 5.10 Å². The van der Waals surface area contributed by atoms with E-state index in [0.717, 1.165) is 25.0 Å². The lowest BCUT2D eigenvalue weighted by atomic mass is 9.97. The maximum Gasteiger partial charge on any atom is 0.310 e. The second-order valence-corrected chi connectivity index (χ2v) is 5.13. The zero-order chi connectivity index (χ0) is 14.7. The molecular weight excluding hydrogens is 258 g/mol. The van der Waals surface area contributed by atoms with Crippen molar-refractivity contribution in [1.29, 1.82) is 0 Å². The van der Waals surface area contributed by atoms with Crippen molar-refractivity contribution in [3.05, 3.63) is 17.5 Å². The van der Waals surface area contributed by atoms with Gasteiger partial charge in [0.15, 0.2) is 0 Å². The number of amides is 1. The quantitative estimate of drug-likeness (QED) is 0.775. The zero-order valence-corrected chi connectivity index (χ0v) is 12.3. The van der Waals surface area contributed by atoms with Crippen molar-refractivity contribution in [3.63, 3.8) is 0 Å². The lowest BCUT2D eigenvalue weighted by Gasteiger charge is -2.31. The van der Waals surface area contributed by atoms with E-state index in [1.807, 2.05) is 14.0 Å². The van der Waals surface area contributed by atoms with Crippen LogP contribution in [0.25, 0.3) is 0 Å². The number of aromatic nitrogens is 2. The van der Waals surface area contributed by atoms with Crippen molar-refractivity contribution < 1.29 is 14.3 Å². The molecule has 1 amide bonds.